The van der Waals surface area contributed by atoms with Crippen LogP contribution < -0.4 is 5.73 Å². The van der Waals surface area contributed by atoms with Crippen molar-refractivity contribution in [2.45, 2.75) is 32.2 Å². The molecule has 1 aromatic rings. The van der Waals surface area contributed by atoms with Gasteiger partial charge in [-0.05, 0) is 62.9 Å². The first-order valence-corrected chi connectivity index (χ1v) is 7.69. The van der Waals surface area contributed by atoms with Crippen molar-refractivity contribution < 1.29 is 0 Å². The molecule has 2 rings (SSSR count). The quantitative estimate of drug-likeness (QED) is 0.892. The van der Waals surface area contributed by atoms with Crippen molar-refractivity contribution in [3.63, 3.8) is 0 Å². The summed E-state index contributed by atoms with van der Waals surface area (Å²) in [6, 6.07) is 9.17. The maximum atomic E-state index is 5.69. The SMILES string of the molecule is CC(c1cccc(Br)c1)N1CCCC(CCN)C1.Cl. The van der Waals surface area contributed by atoms with Gasteiger partial charge in [-0.3, -0.25) is 4.90 Å². The van der Waals surface area contributed by atoms with Gasteiger partial charge in [0.25, 0.3) is 0 Å². The van der Waals surface area contributed by atoms with Gasteiger partial charge in [0, 0.05) is 17.1 Å². The molecule has 0 amide bonds. The van der Waals surface area contributed by atoms with Crippen LogP contribution in [0.2, 0.25) is 0 Å². The molecule has 0 aliphatic carbocycles. The average Bonchev–Trinajstić information content (AvgIpc) is 2.39. The number of rotatable bonds is 4. The number of nitrogens with two attached hydrogens (primary N) is 1. The molecule has 108 valence electrons. The normalized spacial score (nSPS) is 21.7. The fraction of sp³-hybridized carbons (Fsp3) is 0.600. The Morgan fingerprint density at radius 3 is 2.95 bits per heavy atom. The Balaban J connectivity index is 0.00000180. The lowest BCUT2D eigenvalue weighted by molar-refractivity contribution is 0.128. The highest BCUT2D eigenvalue weighted by atomic mass is 79.9. The second kappa shape index (κ2) is 8.25. The number of halogens is 2. The van der Waals surface area contributed by atoms with Crippen LogP contribution in [0.3, 0.4) is 0 Å². The van der Waals surface area contributed by atoms with Crippen LogP contribution >= 0.6 is 28.3 Å². The second-order valence-corrected chi connectivity index (χ2v) is 6.23. The van der Waals surface area contributed by atoms with Gasteiger partial charge in [0.05, 0.1) is 0 Å². The third-order valence-electron chi connectivity index (χ3n) is 4.00. The molecule has 1 heterocycles. The van der Waals surface area contributed by atoms with E-state index in [0.717, 1.165) is 12.5 Å². The minimum absolute atomic E-state index is 0. The van der Waals surface area contributed by atoms with E-state index in [1.54, 1.807) is 0 Å². The minimum atomic E-state index is 0. The highest BCUT2D eigenvalue weighted by Gasteiger charge is 2.23. The van der Waals surface area contributed by atoms with E-state index < -0.39 is 0 Å². The van der Waals surface area contributed by atoms with Crippen LogP contribution in [-0.4, -0.2) is 24.5 Å². The number of nitrogens with zero attached hydrogens (tertiary/aromatic N) is 1. The largest absolute Gasteiger partial charge is 0.330 e. The summed E-state index contributed by atoms with van der Waals surface area (Å²) in [7, 11) is 0. The van der Waals surface area contributed by atoms with E-state index in [2.05, 4.69) is 52.0 Å². The van der Waals surface area contributed by atoms with Crippen LogP contribution in [0.25, 0.3) is 0 Å². The van der Waals surface area contributed by atoms with Crippen molar-refractivity contribution in [1.29, 1.82) is 0 Å². The number of hydrogen-bond donors (Lipinski definition) is 1. The van der Waals surface area contributed by atoms with Crippen molar-refractivity contribution in [1.82, 2.24) is 4.90 Å². The Bertz CT molecular complexity index is 384. The van der Waals surface area contributed by atoms with Gasteiger partial charge < -0.3 is 5.73 Å². The lowest BCUT2D eigenvalue weighted by Gasteiger charge is -2.37. The Morgan fingerprint density at radius 1 is 1.47 bits per heavy atom. The third-order valence-corrected chi connectivity index (χ3v) is 4.50. The van der Waals surface area contributed by atoms with Gasteiger partial charge in [0.2, 0.25) is 0 Å². The van der Waals surface area contributed by atoms with Gasteiger partial charge in [0.1, 0.15) is 0 Å². The summed E-state index contributed by atoms with van der Waals surface area (Å²) in [6.45, 7) is 5.55. The van der Waals surface area contributed by atoms with Crippen LogP contribution in [-0.2, 0) is 0 Å². The molecule has 1 saturated heterocycles. The summed E-state index contributed by atoms with van der Waals surface area (Å²) >= 11 is 3.56. The van der Waals surface area contributed by atoms with Gasteiger partial charge in [-0.15, -0.1) is 12.4 Å². The Hall–Kier alpha value is -0.0900. The summed E-state index contributed by atoms with van der Waals surface area (Å²) in [5.74, 6) is 0.790. The maximum Gasteiger partial charge on any atom is 0.0320 e. The van der Waals surface area contributed by atoms with Crippen LogP contribution in [0.15, 0.2) is 28.7 Å². The molecule has 0 radical (unpaired) electrons. The summed E-state index contributed by atoms with van der Waals surface area (Å²) < 4.78 is 1.17. The molecule has 2 N–H and O–H groups in total. The van der Waals surface area contributed by atoms with E-state index in [-0.39, 0.29) is 12.4 Å². The van der Waals surface area contributed by atoms with E-state index in [4.69, 9.17) is 5.73 Å². The molecule has 0 saturated carbocycles. The van der Waals surface area contributed by atoms with Crippen LogP contribution in [0.5, 0.6) is 0 Å². The van der Waals surface area contributed by atoms with Gasteiger partial charge in [-0.1, -0.05) is 28.1 Å². The van der Waals surface area contributed by atoms with Crippen LogP contribution in [0.1, 0.15) is 37.8 Å². The summed E-state index contributed by atoms with van der Waals surface area (Å²) in [5.41, 5.74) is 7.09. The molecule has 1 aliphatic rings. The molecule has 4 heteroatoms. The van der Waals surface area contributed by atoms with Gasteiger partial charge in [0.15, 0.2) is 0 Å². The van der Waals surface area contributed by atoms with E-state index in [1.807, 2.05) is 0 Å². The first-order chi connectivity index (χ1) is 8.70. The zero-order chi connectivity index (χ0) is 13.0. The highest BCUT2D eigenvalue weighted by Crippen LogP contribution is 2.28. The highest BCUT2D eigenvalue weighted by molar-refractivity contribution is 9.10. The standard InChI is InChI=1S/C15H23BrN2.ClH/c1-12(14-5-2-6-15(16)10-14)18-9-3-4-13(11-18)7-8-17;/h2,5-6,10,12-13H,3-4,7-9,11,17H2,1H3;1H. The zero-order valence-corrected chi connectivity index (χ0v) is 13.9. The number of hydrogen-bond acceptors (Lipinski definition) is 2. The molecule has 1 fully saturated rings. The predicted octanol–water partition coefficient (Wildman–Crippen LogP) is 3.99. The molecule has 19 heavy (non-hydrogen) atoms. The summed E-state index contributed by atoms with van der Waals surface area (Å²) in [5, 5.41) is 0. The topological polar surface area (TPSA) is 29.3 Å². The molecular formula is C15H24BrClN2. The monoisotopic (exact) mass is 346 g/mol. The van der Waals surface area contributed by atoms with Crippen LogP contribution in [0, 0.1) is 5.92 Å². The summed E-state index contributed by atoms with van der Waals surface area (Å²) in [6.07, 6.45) is 3.82. The molecule has 0 bridgehead atoms. The first-order valence-electron chi connectivity index (χ1n) is 6.90. The molecule has 2 nitrogen and oxygen atoms in total. The lowest BCUT2D eigenvalue weighted by Crippen LogP contribution is -2.37. The van der Waals surface area contributed by atoms with E-state index in [0.29, 0.717) is 6.04 Å². The third kappa shape index (κ3) is 4.75. The second-order valence-electron chi connectivity index (χ2n) is 5.31. The number of piperidine rings is 1. The number of benzene rings is 1. The van der Waals surface area contributed by atoms with Crippen molar-refractivity contribution in [3.8, 4) is 0 Å². The van der Waals surface area contributed by atoms with E-state index >= 15 is 0 Å². The minimum Gasteiger partial charge on any atom is -0.330 e. The summed E-state index contributed by atoms with van der Waals surface area (Å²) in [4.78, 5) is 2.60. The molecule has 2 atom stereocenters. The van der Waals surface area contributed by atoms with Crippen LogP contribution in [0.4, 0.5) is 0 Å². The van der Waals surface area contributed by atoms with E-state index in [1.165, 1.54) is 42.4 Å². The van der Waals surface area contributed by atoms with Gasteiger partial charge >= 0.3 is 0 Å². The maximum absolute atomic E-state index is 5.69. The fourth-order valence-corrected chi connectivity index (χ4v) is 3.31. The molecule has 1 aliphatic heterocycles. The molecular weight excluding hydrogens is 324 g/mol. The first kappa shape index (κ1) is 17.0. The zero-order valence-electron chi connectivity index (χ0n) is 11.5. The molecule has 2 unspecified atom stereocenters. The van der Waals surface area contributed by atoms with Crippen molar-refractivity contribution in [2.24, 2.45) is 11.7 Å². The van der Waals surface area contributed by atoms with Gasteiger partial charge in [-0.2, -0.15) is 0 Å². The Kier molecular flexibility index (Phi) is 7.37. The van der Waals surface area contributed by atoms with Gasteiger partial charge in [-0.25, -0.2) is 0 Å². The Morgan fingerprint density at radius 2 is 2.26 bits per heavy atom. The molecule has 1 aromatic carbocycles. The predicted molar refractivity (Wildman–Crippen MR) is 87.8 cm³/mol. The Labute approximate surface area is 131 Å². The lowest BCUT2D eigenvalue weighted by atomic mass is 9.93. The molecule has 0 aromatic heterocycles. The van der Waals surface area contributed by atoms with Crippen molar-refractivity contribution in [2.75, 3.05) is 19.6 Å². The van der Waals surface area contributed by atoms with E-state index in [9.17, 15) is 0 Å². The van der Waals surface area contributed by atoms with Crippen molar-refractivity contribution >= 4 is 28.3 Å². The fourth-order valence-electron chi connectivity index (χ4n) is 2.90. The average molecular weight is 348 g/mol. The number of likely N-dealkylation sites (tertiary alicyclic amines) is 1. The smallest absolute Gasteiger partial charge is 0.0320 e. The van der Waals surface area contributed by atoms with Crippen molar-refractivity contribution in [3.05, 3.63) is 34.3 Å². The molecule has 0 spiro atoms.